The predicted octanol–water partition coefficient (Wildman–Crippen LogP) is 2.63. The van der Waals surface area contributed by atoms with Crippen LogP contribution < -0.4 is 10.2 Å². The number of carbonyl (C=O) groups excluding carboxylic acids is 1. The van der Waals surface area contributed by atoms with Crippen LogP contribution in [0.15, 0.2) is 42.6 Å². The van der Waals surface area contributed by atoms with Crippen LogP contribution in [0.25, 0.3) is 0 Å². The fourth-order valence-corrected chi connectivity index (χ4v) is 3.01. The summed E-state index contributed by atoms with van der Waals surface area (Å²) in [5, 5.41) is 3.03. The molecule has 0 saturated carbocycles. The number of amides is 2. The molecule has 0 unspecified atom stereocenters. The zero-order chi connectivity index (χ0) is 17.1. The lowest BCUT2D eigenvalue weighted by atomic mass is 9.78. The van der Waals surface area contributed by atoms with E-state index in [4.69, 9.17) is 0 Å². The van der Waals surface area contributed by atoms with Crippen LogP contribution in [0.5, 0.6) is 0 Å². The van der Waals surface area contributed by atoms with Gasteiger partial charge in [0.05, 0.1) is 0 Å². The molecule has 0 aliphatic heterocycles. The van der Waals surface area contributed by atoms with Gasteiger partial charge in [0.1, 0.15) is 5.82 Å². The average Bonchev–Trinajstić information content (AvgIpc) is 2.56. The summed E-state index contributed by atoms with van der Waals surface area (Å²) in [5.74, 6) is 1.36. The molecule has 1 atom stereocenters. The lowest BCUT2D eigenvalue weighted by molar-refractivity contribution is 0.205. The zero-order valence-electron chi connectivity index (χ0n) is 14.5. The first-order chi connectivity index (χ1) is 11.5. The first-order valence-corrected chi connectivity index (χ1v) is 8.23. The van der Waals surface area contributed by atoms with Gasteiger partial charge in [0.25, 0.3) is 0 Å². The molecule has 1 heterocycles. The summed E-state index contributed by atoms with van der Waals surface area (Å²) >= 11 is 0. The molecule has 0 bridgehead atoms. The molecule has 0 spiro atoms. The van der Waals surface area contributed by atoms with Gasteiger partial charge < -0.3 is 15.1 Å². The third-order valence-electron chi connectivity index (χ3n) is 4.49. The number of rotatable bonds is 5. The van der Waals surface area contributed by atoms with E-state index in [2.05, 4.69) is 34.6 Å². The number of hydrogen-bond donors (Lipinski definition) is 1. The summed E-state index contributed by atoms with van der Waals surface area (Å²) in [6, 6.07) is 12.4. The maximum Gasteiger partial charge on any atom is 0.317 e. The smallest absolute Gasteiger partial charge is 0.317 e. The number of hydrogen-bond acceptors (Lipinski definition) is 3. The Morgan fingerprint density at radius 1 is 1.21 bits per heavy atom. The Morgan fingerprint density at radius 2 is 2.00 bits per heavy atom. The predicted molar refractivity (Wildman–Crippen MR) is 96.3 cm³/mol. The molecule has 1 N–H and O–H groups in total. The minimum absolute atomic E-state index is 0.0453. The molecule has 1 aliphatic carbocycles. The Kier molecular flexibility index (Phi) is 4.69. The zero-order valence-corrected chi connectivity index (χ0v) is 14.5. The fourth-order valence-electron chi connectivity index (χ4n) is 3.01. The van der Waals surface area contributed by atoms with E-state index in [9.17, 15) is 4.79 Å². The largest absolute Gasteiger partial charge is 0.363 e. The summed E-state index contributed by atoms with van der Waals surface area (Å²) in [7, 11) is 5.73. The molecule has 0 fully saturated rings. The van der Waals surface area contributed by atoms with Gasteiger partial charge in [-0.3, -0.25) is 0 Å². The molecule has 3 rings (SSSR count). The van der Waals surface area contributed by atoms with Crippen LogP contribution >= 0.6 is 0 Å². The molecular weight excluding hydrogens is 300 g/mol. The van der Waals surface area contributed by atoms with Crippen molar-refractivity contribution in [3.05, 3.63) is 59.3 Å². The maximum absolute atomic E-state index is 12.3. The second kappa shape index (κ2) is 6.91. The number of aromatic nitrogens is 1. The third kappa shape index (κ3) is 3.50. The van der Waals surface area contributed by atoms with E-state index >= 15 is 0 Å². The van der Waals surface area contributed by atoms with E-state index in [1.165, 1.54) is 11.1 Å². The van der Waals surface area contributed by atoms with Gasteiger partial charge in [-0.15, -0.1) is 0 Å². The quantitative estimate of drug-likeness (QED) is 0.920. The van der Waals surface area contributed by atoms with Crippen LogP contribution in [-0.4, -0.2) is 43.6 Å². The maximum atomic E-state index is 12.3. The Morgan fingerprint density at radius 3 is 2.67 bits per heavy atom. The number of urea groups is 1. The molecule has 1 aliphatic rings. The monoisotopic (exact) mass is 324 g/mol. The fraction of sp³-hybridized carbons (Fsp3) is 0.368. The van der Waals surface area contributed by atoms with Gasteiger partial charge >= 0.3 is 6.03 Å². The lowest BCUT2D eigenvalue weighted by Crippen LogP contribution is -2.40. The van der Waals surface area contributed by atoms with Crippen LogP contribution in [0.3, 0.4) is 0 Å². The van der Waals surface area contributed by atoms with Crippen molar-refractivity contribution in [2.24, 2.45) is 0 Å². The van der Waals surface area contributed by atoms with E-state index in [1.54, 1.807) is 4.90 Å². The topological polar surface area (TPSA) is 48.5 Å². The van der Waals surface area contributed by atoms with Gasteiger partial charge in [-0.05, 0) is 29.2 Å². The molecule has 24 heavy (non-hydrogen) atoms. The first-order valence-electron chi connectivity index (χ1n) is 8.23. The van der Waals surface area contributed by atoms with Gasteiger partial charge in [0.2, 0.25) is 0 Å². The number of fused-ring (bicyclic) bond motifs is 1. The number of benzene rings is 1. The molecular formula is C19H24N4O. The Labute approximate surface area is 143 Å². The molecule has 1 aromatic heterocycles. The molecule has 2 aromatic rings. The molecule has 126 valence electrons. The molecule has 2 amide bonds. The number of nitrogens with one attached hydrogen (secondary N) is 1. The third-order valence-corrected chi connectivity index (χ3v) is 4.49. The second-order valence-electron chi connectivity index (χ2n) is 6.56. The van der Waals surface area contributed by atoms with Gasteiger partial charge in [0.15, 0.2) is 0 Å². The van der Waals surface area contributed by atoms with Crippen LogP contribution in [0.1, 0.15) is 22.6 Å². The van der Waals surface area contributed by atoms with Crippen LogP contribution in [0.2, 0.25) is 0 Å². The average molecular weight is 324 g/mol. The van der Waals surface area contributed by atoms with Crippen LogP contribution in [0, 0.1) is 0 Å². The molecule has 1 aromatic carbocycles. The summed E-state index contributed by atoms with van der Waals surface area (Å²) in [6.07, 6.45) is 2.87. The normalized spacial score (nSPS) is 15.2. The first kappa shape index (κ1) is 16.3. The molecule has 5 heteroatoms. The minimum atomic E-state index is -0.0453. The summed E-state index contributed by atoms with van der Waals surface area (Å²) in [4.78, 5) is 20.3. The van der Waals surface area contributed by atoms with Crippen molar-refractivity contribution >= 4 is 11.8 Å². The number of nitrogens with zero attached hydrogens (tertiary/aromatic N) is 3. The van der Waals surface area contributed by atoms with E-state index in [-0.39, 0.29) is 6.03 Å². The summed E-state index contributed by atoms with van der Waals surface area (Å²) in [5.41, 5.74) is 3.79. The highest BCUT2D eigenvalue weighted by Crippen LogP contribution is 2.33. The van der Waals surface area contributed by atoms with Crippen molar-refractivity contribution in [3.8, 4) is 0 Å². The Bertz CT molecular complexity index is 712. The highest BCUT2D eigenvalue weighted by atomic mass is 16.2. The van der Waals surface area contributed by atoms with Crippen molar-refractivity contribution in [2.45, 2.75) is 18.9 Å². The summed E-state index contributed by atoms with van der Waals surface area (Å²) in [6.45, 7) is 1.24. The second-order valence-corrected chi connectivity index (χ2v) is 6.56. The molecule has 5 nitrogen and oxygen atoms in total. The van der Waals surface area contributed by atoms with Crippen molar-refractivity contribution in [3.63, 3.8) is 0 Å². The van der Waals surface area contributed by atoms with Crippen molar-refractivity contribution in [2.75, 3.05) is 32.6 Å². The van der Waals surface area contributed by atoms with Crippen molar-refractivity contribution in [1.29, 1.82) is 0 Å². The van der Waals surface area contributed by atoms with E-state index in [1.807, 2.05) is 44.4 Å². The van der Waals surface area contributed by atoms with Gasteiger partial charge in [0, 0.05) is 46.3 Å². The van der Waals surface area contributed by atoms with Gasteiger partial charge in [-0.2, -0.15) is 0 Å². The SMILES string of the molecule is CN(Cc1ccc(N(C)C)nc1)C(=O)NC[C@H]1Cc2ccccc21. The van der Waals surface area contributed by atoms with E-state index in [0.717, 1.165) is 17.8 Å². The number of carbonyl (C=O) groups is 1. The standard InChI is InChI=1S/C19H24N4O/c1-22(2)18-9-8-14(11-20-18)13-23(3)19(24)21-12-16-10-15-6-4-5-7-17(15)16/h4-9,11,16H,10,12-13H2,1-3H3,(H,21,24)/t16-/m1/s1. The van der Waals surface area contributed by atoms with Crippen LogP contribution in [-0.2, 0) is 13.0 Å². The molecule has 0 radical (unpaired) electrons. The van der Waals surface area contributed by atoms with E-state index < -0.39 is 0 Å². The summed E-state index contributed by atoms with van der Waals surface area (Å²) < 4.78 is 0. The van der Waals surface area contributed by atoms with Gasteiger partial charge in [-0.25, -0.2) is 9.78 Å². The van der Waals surface area contributed by atoms with Crippen molar-refractivity contribution < 1.29 is 4.79 Å². The highest BCUT2D eigenvalue weighted by molar-refractivity contribution is 5.74. The number of pyridine rings is 1. The lowest BCUT2D eigenvalue weighted by Gasteiger charge is -2.30. The van der Waals surface area contributed by atoms with E-state index in [0.29, 0.717) is 19.0 Å². The highest BCUT2D eigenvalue weighted by Gasteiger charge is 2.25. The molecule has 0 saturated heterocycles. The Hall–Kier alpha value is -2.56. The van der Waals surface area contributed by atoms with Crippen LogP contribution in [0.4, 0.5) is 10.6 Å². The number of anilines is 1. The van der Waals surface area contributed by atoms with Crippen molar-refractivity contribution in [1.82, 2.24) is 15.2 Å². The minimum Gasteiger partial charge on any atom is -0.363 e. The Balaban J connectivity index is 1.48. The van der Waals surface area contributed by atoms with Gasteiger partial charge in [-0.1, -0.05) is 30.3 Å².